The van der Waals surface area contributed by atoms with E-state index in [9.17, 15) is 9.18 Å². The van der Waals surface area contributed by atoms with Crippen LogP contribution in [-0.2, 0) is 4.74 Å². The Labute approximate surface area is 189 Å². The molecule has 5 nitrogen and oxygen atoms in total. The topological polar surface area (TPSA) is 53.6 Å². The van der Waals surface area contributed by atoms with Crippen molar-refractivity contribution in [1.82, 2.24) is 15.5 Å². The van der Waals surface area contributed by atoms with Crippen molar-refractivity contribution in [2.24, 2.45) is 0 Å². The number of rotatable bonds is 4. The third-order valence-corrected chi connectivity index (χ3v) is 6.26. The van der Waals surface area contributed by atoms with Gasteiger partial charge in [0.15, 0.2) is 0 Å². The van der Waals surface area contributed by atoms with Crippen molar-refractivity contribution in [3.05, 3.63) is 76.6 Å². The van der Waals surface area contributed by atoms with Crippen LogP contribution in [0.25, 0.3) is 5.57 Å². The second-order valence-corrected chi connectivity index (χ2v) is 8.66. The number of amides is 2. The molecular formula is C26H32FN3O2. The largest absolute Gasteiger partial charge is 0.375 e. The molecule has 2 aliphatic heterocycles. The molecule has 0 saturated carbocycles. The van der Waals surface area contributed by atoms with E-state index in [1.54, 1.807) is 0 Å². The molecule has 2 heterocycles. The molecule has 1 unspecified atom stereocenters. The first kappa shape index (κ1) is 22.5. The third-order valence-electron chi connectivity index (χ3n) is 6.26. The Kier molecular flexibility index (Phi) is 7.22. The zero-order valence-electron chi connectivity index (χ0n) is 18.9. The molecule has 2 saturated heterocycles. The zero-order chi connectivity index (χ0) is 22.5. The van der Waals surface area contributed by atoms with Crippen LogP contribution in [0.2, 0.25) is 0 Å². The molecular weight excluding hydrogens is 405 g/mol. The van der Waals surface area contributed by atoms with E-state index in [0.29, 0.717) is 19.7 Å². The highest BCUT2D eigenvalue weighted by Crippen LogP contribution is 2.32. The van der Waals surface area contributed by atoms with Gasteiger partial charge in [-0.2, -0.15) is 0 Å². The zero-order valence-corrected chi connectivity index (χ0v) is 18.9. The van der Waals surface area contributed by atoms with Gasteiger partial charge in [0.1, 0.15) is 5.82 Å². The van der Waals surface area contributed by atoms with E-state index in [0.717, 1.165) is 42.6 Å². The van der Waals surface area contributed by atoms with E-state index in [1.807, 2.05) is 30.9 Å². The molecule has 2 amide bonds. The second kappa shape index (κ2) is 10.3. The number of hydrogen-bond acceptors (Lipinski definition) is 3. The summed E-state index contributed by atoms with van der Waals surface area (Å²) in [4.78, 5) is 14.4. The first-order chi connectivity index (χ1) is 15.5. The summed E-state index contributed by atoms with van der Waals surface area (Å²) in [5, 5.41) is 6.51. The molecule has 0 aliphatic carbocycles. The van der Waals surface area contributed by atoms with Crippen molar-refractivity contribution >= 4 is 11.6 Å². The maximum Gasteiger partial charge on any atom is 0.318 e. The monoisotopic (exact) mass is 437 g/mol. The predicted molar refractivity (Wildman–Crippen MR) is 125 cm³/mol. The third kappa shape index (κ3) is 5.37. The smallest absolute Gasteiger partial charge is 0.318 e. The SMILES string of the molecule is CC1CN(C(=O)N[C@H](C)c2ccc(C(=C3CCNCC3)c3ccc(F)cc3)cc2)CCO1. The number of carbonyl (C=O) groups is 1. The molecule has 2 atom stereocenters. The summed E-state index contributed by atoms with van der Waals surface area (Å²) in [7, 11) is 0. The lowest BCUT2D eigenvalue weighted by molar-refractivity contribution is -0.00380. The average Bonchev–Trinajstić information content (AvgIpc) is 2.81. The quantitative estimate of drug-likeness (QED) is 0.740. The highest BCUT2D eigenvalue weighted by Gasteiger charge is 2.23. The number of halogens is 1. The van der Waals surface area contributed by atoms with Gasteiger partial charge in [-0.05, 0) is 74.2 Å². The Morgan fingerprint density at radius 1 is 1.09 bits per heavy atom. The van der Waals surface area contributed by atoms with Crippen molar-refractivity contribution in [3.8, 4) is 0 Å². The summed E-state index contributed by atoms with van der Waals surface area (Å²) in [5.41, 5.74) is 5.80. The molecule has 0 bridgehead atoms. The minimum Gasteiger partial charge on any atom is -0.375 e. The lowest BCUT2D eigenvalue weighted by Crippen LogP contribution is -2.49. The van der Waals surface area contributed by atoms with Gasteiger partial charge in [0.05, 0.1) is 18.8 Å². The molecule has 0 radical (unpaired) electrons. The standard InChI is InChI=1S/C26H32FN3O2/c1-18-17-30(15-16-32-18)26(31)29-19(2)20-3-5-21(6-4-20)25(23-11-13-28-14-12-23)22-7-9-24(27)10-8-22/h3-10,18-19,28H,11-17H2,1-2H3,(H,29,31)/t18?,19-/m1/s1. The number of benzene rings is 2. The van der Waals surface area contributed by atoms with Gasteiger partial charge >= 0.3 is 6.03 Å². The van der Waals surface area contributed by atoms with E-state index in [2.05, 4.69) is 34.9 Å². The van der Waals surface area contributed by atoms with Crippen molar-refractivity contribution in [2.45, 2.75) is 38.8 Å². The van der Waals surface area contributed by atoms with Gasteiger partial charge in [0.2, 0.25) is 0 Å². The maximum absolute atomic E-state index is 13.5. The minimum absolute atomic E-state index is 0.0550. The minimum atomic E-state index is -0.224. The molecule has 2 aromatic carbocycles. The fourth-order valence-corrected chi connectivity index (χ4v) is 4.47. The number of piperidine rings is 1. The lowest BCUT2D eigenvalue weighted by Gasteiger charge is -2.32. The number of nitrogens with zero attached hydrogens (tertiary/aromatic N) is 1. The Bertz CT molecular complexity index is 948. The van der Waals surface area contributed by atoms with Crippen LogP contribution in [0.3, 0.4) is 0 Å². The molecule has 2 fully saturated rings. The molecule has 2 N–H and O–H groups in total. The number of morpholine rings is 1. The van der Waals surface area contributed by atoms with Gasteiger partial charge in [-0.3, -0.25) is 0 Å². The second-order valence-electron chi connectivity index (χ2n) is 8.66. The number of urea groups is 1. The Balaban J connectivity index is 1.52. The molecule has 0 aromatic heterocycles. The van der Waals surface area contributed by atoms with E-state index in [-0.39, 0.29) is 24.0 Å². The number of ether oxygens (including phenoxy) is 1. The van der Waals surface area contributed by atoms with Gasteiger partial charge < -0.3 is 20.3 Å². The molecule has 0 spiro atoms. The fourth-order valence-electron chi connectivity index (χ4n) is 4.47. The Hall–Kier alpha value is -2.70. The highest BCUT2D eigenvalue weighted by atomic mass is 19.1. The van der Waals surface area contributed by atoms with Crippen LogP contribution >= 0.6 is 0 Å². The molecule has 4 rings (SSSR count). The first-order valence-electron chi connectivity index (χ1n) is 11.5. The van der Waals surface area contributed by atoms with Crippen molar-refractivity contribution in [1.29, 1.82) is 0 Å². The van der Waals surface area contributed by atoms with Gasteiger partial charge in [-0.1, -0.05) is 42.0 Å². The van der Waals surface area contributed by atoms with Crippen LogP contribution < -0.4 is 10.6 Å². The lowest BCUT2D eigenvalue weighted by atomic mass is 9.88. The van der Waals surface area contributed by atoms with Crippen LogP contribution in [0.15, 0.2) is 54.1 Å². The number of nitrogens with one attached hydrogen (secondary N) is 2. The molecule has 2 aliphatic rings. The Morgan fingerprint density at radius 2 is 1.72 bits per heavy atom. The van der Waals surface area contributed by atoms with E-state index in [4.69, 9.17) is 4.74 Å². The van der Waals surface area contributed by atoms with Crippen LogP contribution in [-0.4, -0.2) is 49.8 Å². The van der Waals surface area contributed by atoms with Crippen molar-refractivity contribution in [2.75, 3.05) is 32.8 Å². The van der Waals surface area contributed by atoms with Crippen molar-refractivity contribution < 1.29 is 13.9 Å². The van der Waals surface area contributed by atoms with Crippen molar-refractivity contribution in [3.63, 3.8) is 0 Å². The molecule has 6 heteroatoms. The fraction of sp³-hybridized carbons (Fsp3) is 0.423. The summed E-state index contributed by atoms with van der Waals surface area (Å²) in [5.74, 6) is -0.224. The summed E-state index contributed by atoms with van der Waals surface area (Å²) in [6.07, 6.45) is 2.04. The Morgan fingerprint density at radius 3 is 2.34 bits per heavy atom. The van der Waals surface area contributed by atoms with Gasteiger partial charge in [0.25, 0.3) is 0 Å². The highest BCUT2D eigenvalue weighted by molar-refractivity contribution is 5.82. The summed E-state index contributed by atoms with van der Waals surface area (Å²) >= 11 is 0. The molecule has 170 valence electrons. The summed E-state index contributed by atoms with van der Waals surface area (Å²) < 4.78 is 19.1. The van der Waals surface area contributed by atoms with Crippen LogP contribution in [0.1, 0.15) is 49.4 Å². The van der Waals surface area contributed by atoms with Crippen LogP contribution in [0.4, 0.5) is 9.18 Å². The van der Waals surface area contributed by atoms with Gasteiger partial charge in [-0.25, -0.2) is 9.18 Å². The predicted octanol–water partition coefficient (Wildman–Crippen LogP) is 4.50. The number of hydrogen-bond donors (Lipinski definition) is 2. The molecule has 2 aromatic rings. The normalized spacial score (nSPS) is 20.0. The maximum atomic E-state index is 13.5. The average molecular weight is 438 g/mol. The molecule has 32 heavy (non-hydrogen) atoms. The number of carbonyl (C=O) groups excluding carboxylic acids is 1. The van der Waals surface area contributed by atoms with E-state index in [1.165, 1.54) is 23.3 Å². The van der Waals surface area contributed by atoms with Crippen LogP contribution in [0.5, 0.6) is 0 Å². The van der Waals surface area contributed by atoms with E-state index < -0.39 is 0 Å². The summed E-state index contributed by atoms with van der Waals surface area (Å²) in [6.45, 7) is 7.71. The van der Waals surface area contributed by atoms with E-state index >= 15 is 0 Å². The van der Waals surface area contributed by atoms with Gasteiger partial charge in [-0.15, -0.1) is 0 Å². The summed E-state index contributed by atoms with van der Waals surface area (Å²) in [6, 6.07) is 15.0. The first-order valence-corrected chi connectivity index (χ1v) is 11.5. The van der Waals surface area contributed by atoms with Gasteiger partial charge in [0, 0.05) is 13.1 Å². The van der Waals surface area contributed by atoms with Crippen LogP contribution in [0, 0.1) is 5.82 Å².